The molecule has 5 nitrogen and oxygen atoms in total. The van der Waals surface area contributed by atoms with Crippen LogP contribution in [-0.4, -0.2) is 21.8 Å². The summed E-state index contributed by atoms with van der Waals surface area (Å²) in [6.45, 7) is 1.35. The van der Waals surface area contributed by atoms with Gasteiger partial charge in [-0.1, -0.05) is 6.07 Å². The molecule has 0 radical (unpaired) electrons. The standard InChI is InChI=1S/C12H9FN2O3S/c1-6(16)8-5-19-12(14-8)15-11(18)10-7(13)3-2-4-9(10)17/h2-5,17H,1H3,(H,14,15,18). The van der Waals surface area contributed by atoms with E-state index in [1.807, 2.05) is 0 Å². The minimum atomic E-state index is -0.833. The van der Waals surface area contributed by atoms with Gasteiger partial charge < -0.3 is 5.11 Å². The lowest BCUT2D eigenvalue weighted by Gasteiger charge is -2.04. The number of nitrogens with one attached hydrogen (secondary N) is 1. The number of aromatic hydroxyl groups is 1. The number of hydrogen-bond acceptors (Lipinski definition) is 5. The van der Waals surface area contributed by atoms with Crippen LogP contribution in [0, 0.1) is 5.82 Å². The van der Waals surface area contributed by atoms with E-state index in [1.165, 1.54) is 24.4 Å². The molecule has 2 rings (SSSR count). The first-order chi connectivity index (χ1) is 8.99. The van der Waals surface area contributed by atoms with Gasteiger partial charge in [0.2, 0.25) is 0 Å². The lowest BCUT2D eigenvalue weighted by molar-refractivity contribution is 0.100. The van der Waals surface area contributed by atoms with Crippen LogP contribution >= 0.6 is 11.3 Å². The predicted molar refractivity (Wildman–Crippen MR) is 68.1 cm³/mol. The summed E-state index contributed by atoms with van der Waals surface area (Å²) in [5.74, 6) is -2.34. The zero-order valence-electron chi connectivity index (χ0n) is 9.81. The van der Waals surface area contributed by atoms with E-state index >= 15 is 0 Å². The Hall–Kier alpha value is -2.28. The van der Waals surface area contributed by atoms with Gasteiger partial charge in [-0.25, -0.2) is 9.37 Å². The Morgan fingerprint density at radius 3 is 2.74 bits per heavy atom. The van der Waals surface area contributed by atoms with Gasteiger partial charge in [-0.2, -0.15) is 0 Å². The fourth-order valence-corrected chi connectivity index (χ4v) is 2.13. The van der Waals surface area contributed by atoms with Gasteiger partial charge in [0.15, 0.2) is 10.9 Å². The fourth-order valence-electron chi connectivity index (χ4n) is 1.39. The normalized spacial score (nSPS) is 10.2. The third-order valence-corrected chi connectivity index (χ3v) is 3.06. The fraction of sp³-hybridized carbons (Fsp3) is 0.0833. The maximum absolute atomic E-state index is 13.4. The largest absolute Gasteiger partial charge is 0.507 e. The second-order valence-electron chi connectivity index (χ2n) is 3.68. The number of ketones is 1. The van der Waals surface area contributed by atoms with Crippen LogP contribution < -0.4 is 5.32 Å². The molecule has 2 N–H and O–H groups in total. The molecule has 0 atom stereocenters. The first kappa shape index (κ1) is 13.2. The molecule has 0 spiro atoms. The predicted octanol–water partition coefficient (Wildman–Crippen LogP) is 2.44. The van der Waals surface area contributed by atoms with Crippen LogP contribution in [0.4, 0.5) is 9.52 Å². The zero-order chi connectivity index (χ0) is 14.0. The van der Waals surface area contributed by atoms with Gasteiger partial charge in [-0.05, 0) is 12.1 Å². The molecular weight excluding hydrogens is 271 g/mol. The van der Waals surface area contributed by atoms with Crippen molar-refractivity contribution >= 4 is 28.2 Å². The molecular formula is C12H9FN2O3S. The number of phenolic OH excluding ortho intramolecular Hbond substituents is 1. The van der Waals surface area contributed by atoms with Crippen LogP contribution in [0.2, 0.25) is 0 Å². The number of carbonyl (C=O) groups excluding carboxylic acids is 2. The molecule has 0 saturated carbocycles. The number of halogens is 1. The van der Waals surface area contributed by atoms with Gasteiger partial charge in [-0.3, -0.25) is 14.9 Å². The third-order valence-electron chi connectivity index (χ3n) is 2.30. The van der Waals surface area contributed by atoms with Crippen molar-refractivity contribution in [2.75, 3.05) is 5.32 Å². The maximum atomic E-state index is 13.4. The molecule has 0 aliphatic rings. The summed E-state index contributed by atoms with van der Waals surface area (Å²) in [5.41, 5.74) is -0.236. The van der Waals surface area contributed by atoms with E-state index in [0.29, 0.717) is 0 Å². The van der Waals surface area contributed by atoms with Gasteiger partial charge in [-0.15, -0.1) is 11.3 Å². The highest BCUT2D eigenvalue weighted by Gasteiger charge is 2.18. The van der Waals surface area contributed by atoms with Crippen molar-refractivity contribution in [3.8, 4) is 5.75 Å². The molecule has 2 aromatic rings. The number of hydrogen-bond donors (Lipinski definition) is 2. The quantitative estimate of drug-likeness (QED) is 0.846. The topological polar surface area (TPSA) is 79.3 Å². The van der Waals surface area contributed by atoms with E-state index in [2.05, 4.69) is 10.3 Å². The van der Waals surface area contributed by atoms with Gasteiger partial charge in [0, 0.05) is 12.3 Å². The summed E-state index contributed by atoms with van der Waals surface area (Å²) in [5, 5.41) is 13.4. The van der Waals surface area contributed by atoms with Crippen LogP contribution in [0.3, 0.4) is 0 Å². The highest BCUT2D eigenvalue weighted by molar-refractivity contribution is 7.14. The zero-order valence-corrected chi connectivity index (χ0v) is 10.6. The maximum Gasteiger partial charge on any atom is 0.264 e. The minimum Gasteiger partial charge on any atom is -0.507 e. The van der Waals surface area contributed by atoms with Gasteiger partial charge in [0.1, 0.15) is 22.8 Å². The number of thiazole rings is 1. The Morgan fingerprint density at radius 2 is 2.16 bits per heavy atom. The highest BCUT2D eigenvalue weighted by Crippen LogP contribution is 2.22. The van der Waals surface area contributed by atoms with Crippen molar-refractivity contribution in [1.29, 1.82) is 0 Å². The molecule has 0 aliphatic carbocycles. The SMILES string of the molecule is CC(=O)c1csc(NC(=O)c2c(O)cccc2F)n1. The molecule has 1 aromatic carbocycles. The molecule has 0 bridgehead atoms. The van der Waals surface area contributed by atoms with Gasteiger partial charge in [0.05, 0.1) is 0 Å². The molecule has 7 heteroatoms. The molecule has 0 unspecified atom stereocenters. The van der Waals surface area contributed by atoms with E-state index in [9.17, 15) is 19.1 Å². The summed E-state index contributed by atoms with van der Waals surface area (Å²) in [4.78, 5) is 26.7. The molecule has 1 amide bonds. The Bertz CT molecular complexity index is 634. The Kier molecular flexibility index (Phi) is 3.57. The summed E-state index contributed by atoms with van der Waals surface area (Å²) in [6, 6.07) is 3.57. The first-order valence-electron chi connectivity index (χ1n) is 5.24. The Balaban J connectivity index is 2.23. The van der Waals surface area contributed by atoms with E-state index in [1.54, 1.807) is 0 Å². The highest BCUT2D eigenvalue weighted by atomic mass is 32.1. The van der Waals surface area contributed by atoms with Crippen LogP contribution in [0.1, 0.15) is 27.8 Å². The van der Waals surface area contributed by atoms with Crippen molar-refractivity contribution < 1.29 is 19.1 Å². The third kappa shape index (κ3) is 2.76. The number of benzene rings is 1. The lowest BCUT2D eigenvalue weighted by atomic mass is 10.2. The second kappa shape index (κ2) is 5.15. The second-order valence-corrected chi connectivity index (χ2v) is 4.54. The summed E-state index contributed by atoms with van der Waals surface area (Å²) >= 11 is 1.04. The van der Waals surface area contributed by atoms with Crippen LogP contribution in [-0.2, 0) is 0 Å². The molecule has 0 fully saturated rings. The summed E-state index contributed by atoms with van der Waals surface area (Å²) in [7, 11) is 0. The van der Waals surface area contributed by atoms with E-state index in [4.69, 9.17) is 0 Å². The summed E-state index contributed by atoms with van der Waals surface area (Å²) in [6.07, 6.45) is 0. The first-order valence-corrected chi connectivity index (χ1v) is 6.12. The number of aromatic nitrogens is 1. The average molecular weight is 280 g/mol. The Labute approximate surface area is 111 Å². The monoisotopic (exact) mass is 280 g/mol. The molecule has 19 heavy (non-hydrogen) atoms. The van der Waals surface area contributed by atoms with Crippen molar-refractivity contribution in [2.45, 2.75) is 6.92 Å². The Morgan fingerprint density at radius 1 is 1.42 bits per heavy atom. The van der Waals surface area contributed by atoms with Gasteiger partial charge in [0.25, 0.3) is 5.91 Å². The molecule has 1 heterocycles. The van der Waals surface area contributed by atoms with Crippen molar-refractivity contribution in [1.82, 2.24) is 4.98 Å². The molecule has 0 saturated heterocycles. The molecule has 0 aliphatic heterocycles. The van der Waals surface area contributed by atoms with Crippen molar-refractivity contribution in [3.63, 3.8) is 0 Å². The molecule has 1 aromatic heterocycles. The minimum absolute atomic E-state index is 0.165. The van der Waals surface area contributed by atoms with Crippen molar-refractivity contribution in [3.05, 3.63) is 40.7 Å². The average Bonchev–Trinajstić information content (AvgIpc) is 2.77. The van der Waals surface area contributed by atoms with Crippen LogP contribution in [0.25, 0.3) is 0 Å². The van der Waals surface area contributed by atoms with E-state index in [-0.39, 0.29) is 16.6 Å². The number of phenols is 1. The number of nitrogens with zero attached hydrogens (tertiary/aromatic N) is 1. The lowest BCUT2D eigenvalue weighted by Crippen LogP contribution is -2.14. The summed E-state index contributed by atoms with van der Waals surface area (Å²) < 4.78 is 13.4. The van der Waals surface area contributed by atoms with E-state index < -0.39 is 23.0 Å². The number of anilines is 1. The smallest absolute Gasteiger partial charge is 0.264 e. The number of Topliss-reactive ketones (excluding diaryl/α,β-unsaturated/α-hetero) is 1. The number of carbonyl (C=O) groups is 2. The van der Waals surface area contributed by atoms with E-state index in [0.717, 1.165) is 17.4 Å². The van der Waals surface area contributed by atoms with Crippen LogP contribution in [0.15, 0.2) is 23.6 Å². The molecule has 98 valence electrons. The van der Waals surface area contributed by atoms with Gasteiger partial charge >= 0.3 is 0 Å². The number of amides is 1. The van der Waals surface area contributed by atoms with Crippen molar-refractivity contribution in [2.24, 2.45) is 0 Å². The number of rotatable bonds is 3. The van der Waals surface area contributed by atoms with Crippen LogP contribution in [0.5, 0.6) is 5.75 Å².